The fourth-order valence-corrected chi connectivity index (χ4v) is 2.57. The van der Waals surface area contributed by atoms with E-state index in [9.17, 15) is 9.59 Å². The minimum absolute atomic E-state index is 0.00391. The van der Waals surface area contributed by atoms with Crippen LogP contribution < -0.4 is 4.74 Å². The van der Waals surface area contributed by atoms with E-state index >= 15 is 0 Å². The van der Waals surface area contributed by atoms with E-state index in [1.807, 2.05) is 30.3 Å². The second kappa shape index (κ2) is 8.29. The Hall–Kier alpha value is -2.87. The van der Waals surface area contributed by atoms with E-state index in [1.54, 1.807) is 13.0 Å². The van der Waals surface area contributed by atoms with Crippen LogP contribution in [-0.2, 0) is 9.59 Å². The highest BCUT2D eigenvalue weighted by Gasteiger charge is 2.32. The van der Waals surface area contributed by atoms with Gasteiger partial charge in [0.25, 0.3) is 11.8 Å². The molecule has 0 radical (unpaired) electrons. The third-order valence-electron chi connectivity index (χ3n) is 4.15. The van der Waals surface area contributed by atoms with Crippen LogP contribution in [0, 0.1) is 11.3 Å². The van der Waals surface area contributed by atoms with Gasteiger partial charge >= 0.3 is 0 Å². The number of amides is 2. The molecule has 0 saturated heterocycles. The third-order valence-corrected chi connectivity index (χ3v) is 4.15. The number of hydrogen-bond donors (Lipinski definition) is 0. The average Bonchev–Trinajstić information content (AvgIpc) is 2.62. The number of carbonyl (C=O) groups is 2. The Morgan fingerprint density at radius 3 is 2.44 bits per heavy atom. The topological polar surface area (TPSA) is 70.4 Å². The van der Waals surface area contributed by atoms with E-state index < -0.39 is 11.8 Å². The molecule has 0 fully saturated rings. The van der Waals surface area contributed by atoms with Gasteiger partial charge in [-0.25, -0.2) is 0 Å². The number of unbranched alkanes of at least 4 members (excludes halogenated alkanes) is 2. The average molecular weight is 338 g/mol. The number of rotatable bonds is 6. The summed E-state index contributed by atoms with van der Waals surface area (Å²) < 4.78 is 5.67. The number of benzene rings is 1. The highest BCUT2D eigenvalue weighted by atomic mass is 16.5. The van der Waals surface area contributed by atoms with Crippen LogP contribution in [0.5, 0.6) is 5.75 Å². The van der Waals surface area contributed by atoms with Gasteiger partial charge in [-0.3, -0.25) is 14.5 Å². The molecule has 0 bridgehead atoms. The monoisotopic (exact) mass is 338 g/mol. The van der Waals surface area contributed by atoms with Gasteiger partial charge in [0, 0.05) is 12.6 Å². The molecule has 25 heavy (non-hydrogen) atoms. The number of ether oxygens (including phenoxy) is 1. The molecule has 0 saturated carbocycles. The van der Waals surface area contributed by atoms with Crippen LogP contribution in [0.3, 0.4) is 0 Å². The predicted molar refractivity (Wildman–Crippen MR) is 95.5 cm³/mol. The maximum Gasteiger partial charge on any atom is 0.271 e. The normalized spacial score (nSPS) is 16.4. The molecule has 0 spiro atoms. The Morgan fingerprint density at radius 2 is 1.84 bits per heavy atom. The first-order valence-electron chi connectivity index (χ1n) is 8.37. The summed E-state index contributed by atoms with van der Waals surface area (Å²) in [5, 5.41) is 9.17. The fraction of sp³-hybridized carbons (Fsp3) is 0.350. The largest absolute Gasteiger partial charge is 0.494 e. The third kappa shape index (κ3) is 4.16. The molecular formula is C20H22N2O3. The Bertz CT molecular complexity index is 767. The Morgan fingerprint density at radius 1 is 1.16 bits per heavy atom. The van der Waals surface area contributed by atoms with Crippen molar-refractivity contribution in [2.75, 3.05) is 13.7 Å². The SMILES string of the molecule is CCCCCOc1ccc(/C=C2/C(=O)N(C)C(=O)C(C#N)=C2C)cc1. The minimum atomic E-state index is -0.557. The van der Waals surface area contributed by atoms with Gasteiger partial charge in [-0.2, -0.15) is 5.26 Å². The summed E-state index contributed by atoms with van der Waals surface area (Å²) >= 11 is 0. The van der Waals surface area contributed by atoms with Crippen molar-refractivity contribution in [1.82, 2.24) is 4.90 Å². The van der Waals surface area contributed by atoms with Crippen LogP contribution in [0.2, 0.25) is 0 Å². The lowest BCUT2D eigenvalue weighted by molar-refractivity contribution is -0.138. The van der Waals surface area contributed by atoms with Crippen LogP contribution in [-0.4, -0.2) is 30.4 Å². The standard InChI is InChI=1S/C20H22N2O3/c1-4-5-6-11-25-16-9-7-15(8-10-16)12-17-14(2)18(13-21)20(24)22(3)19(17)23/h7-10,12H,4-6,11H2,1-3H3/b17-12+. The second-order valence-corrected chi connectivity index (χ2v) is 5.96. The van der Waals surface area contributed by atoms with E-state index in [2.05, 4.69) is 6.92 Å². The number of imide groups is 1. The highest BCUT2D eigenvalue weighted by molar-refractivity contribution is 6.19. The minimum Gasteiger partial charge on any atom is -0.494 e. The lowest BCUT2D eigenvalue weighted by Gasteiger charge is -2.23. The number of carbonyl (C=O) groups excluding carboxylic acids is 2. The van der Waals surface area contributed by atoms with E-state index in [-0.39, 0.29) is 5.57 Å². The molecule has 1 aliphatic rings. The summed E-state index contributed by atoms with van der Waals surface area (Å²) in [6, 6.07) is 9.30. The van der Waals surface area contributed by atoms with E-state index in [0.717, 1.165) is 35.5 Å². The van der Waals surface area contributed by atoms with Gasteiger partial charge in [-0.15, -0.1) is 0 Å². The van der Waals surface area contributed by atoms with Crippen molar-refractivity contribution in [2.24, 2.45) is 0 Å². The van der Waals surface area contributed by atoms with Crippen LogP contribution in [0.15, 0.2) is 41.0 Å². The fourth-order valence-electron chi connectivity index (χ4n) is 2.57. The first-order valence-corrected chi connectivity index (χ1v) is 8.37. The molecule has 0 atom stereocenters. The van der Waals surface area contributed by atoms with Gasteiger partial charge in [0.2, 0.25) is 0 Å². The van der Waals surface area contributed by atoms with Gasteiger partial charge in [0.05, 0.1) is 6.61 Å². The quantitative estimate of drug-likeness (QED) is 0.452. The number of nitrogens with zero attached hydrogens (tertiary/aromatic N) is 2. The van der Waals surface area contributed by atoms with Crippen molar-refractivity contribution in [3.63, 3.8) is 0 Å². The van der Waals surface area contributed by atoms with Gasteiger partial charge in [0.15, 0.2) is 0 Å². The van der Waals surface area contributed by atoms with Crippen molar-refractivity contribution in [1.29, 1.82) is 5.26 Å². The second-order valence-electron chi connectivity index (χ2n) is 5.96. The molecule has 0 aliphatic carbocycles. The first-order chi connectivity index (χ1) is 12.0. The summed E-state index contributed by atoms with van der Waals surface area (Å²) in [6.07, 6.45) is 5.01. The lowest BCUT2D eigenvalue weighted by atomic mass is 9.94. The Balaban J connectivity index is 2.21. The molecule has 1 aromatic rings. The number of nitriles is 1. The zero-order valence-corrected chi connectivity index (χ0v) is 14.8. The molecule has 0 unspecified atom stereocenters. The first kappa shape index (κ1) is 18.5. The maximum atomic E-state index is 12.4. The summed E-state index contributed by atoms with van der Waals surface area (Å²) in [7, 11) is 1.38. The lowest BCUT2D eigenvalue weighted by Crippen LogP contribution is -2.39. The summed E-state index contributed by atoms with van der Waals surface area (Å²) in [5.74, 6) is -0.176. The molecule has 1 heterocycles. The number of hydrogen-bond acceptors (Lipinski definition) is 4. The van der Waals surface area contributed by atoms with E-state index in [1.165, 1.54) is 7.05 Å². The van der Waals surface area contributed by atoms with Crippen LogP contribution >= 0.6 is 0 Å². The van der Waals surface area contributed by atoms with E-state index in [0.29, 0.717) is 17.8 Å². The van der Waals surface area contributed by atoms with Crippen LogP contribution in [0.25, 0.3) is 6.08 Å². The van der Waals surface area contributed by atoms with Crippen LogP contribution in [0.4, 0.5) is 0 Å². The molecule has 0 aromatic heterocycles. The van der Waals surface area contributed by atoms with Crippen molar-refractivity contribution < 1.29 is 14.3 Å². The predicted octanol–water partition coefficient (Wildman–Crippen LogP) is 3.48. The van der Waals surface area contributed by atoms with E-state index in [4.69, 9.17) is 10.00 Å². The molecule has 2 rings (SSSR count). The molecule has 1 aliphatic heterocycles. The Labute approximate surface area is 148 Å². The van der Waals surface area contributed by atoms with Gasteiger partial charge in [0.1, 0.15) is 17.4 Å². The van der Waals surface area contributed by atoms with Crippen molar-refractivity contribution in [2.45, 2.75) is 33.1 Å². The molecule has 1 aromatic carbocycles. The summed E-state index contributed by atoms with van der Waals surface area (Å²) in [4.78, 5) is 25.3. The van der Waals surface area contributed by atoms with Gasteiger partial charge in [-0.05, 0) is 42.7 Å². The maximum absolute atomic E-state index is 12.4. The van der Waals surface area contributed by atoms with Crippen molar-refractivity contribution in [3.05, 3.63) is 46.5 Å². The summed E-state index contributed by atoms with van der Waals surface area (Å²) in [5.41, 5.74) is 1.58. The molecule has 5 heteroatoms. The number of likely N-dealkylation sites (N-methyl/N-ethyl adjacent to an activating group) is 1. The van der Waals surface area contributed by atoms with Crippen molar-refractivity contribution in [3.8, 4) is 11.8 Å². The summed E-state index contributed by atoms with van der Waals surface area (Å²) in [6.45, 7) is 4.46. The molecule has 0 N–H and O–H groups in total. The Kier molecular flexibility index (Phi) is 6.13. The van der Waals surface area contributed by atoms with Crippen molar-refractivity contribution >= 4 is 17.9 Å². The zero-order valence-electron chi connectivity index (χ0n) is 14.8. The zero-order chi connectivity index (χ0) is 18.4. The van der Waals surface area contributed by atoms with Gasteiger partial charge < -0.3 is 4.74 Å². The van der Waals surface area contributed by atoms with Crippen LogP contribution in [0.1, 0.15) is 38.7 Å². The van der Waals surface area contributed by atoms with Gasteiger partial charge in [-0.1, -0.05) is 31.9 Å². The molecular weight excluding hydrogens is 316 g/mol. The molecule has 130 valence electrons. The molecule has 2 amide bonds. The smallest absolute Gasteiger partial charge is 0.271 e. The molecule has 5 nitrogen and oxygen atoms in total. The highest BCUT2D eigenvalue weighted by Crippen LogP contribution is 2.26.